The summed E-state index contributed by atoms with van der Waals surface area (Å²) in [7, 11) is 1.94. The Labute approximate surface area is 111 Å². The van der Waals surface area contributed by atoms with Crippen molar-refractivity contribution in [2.24, 2.45) is 16.7 Å². The fourth-order valence-corrected chi connectivity index (χ4v) is 3.26. The van der Waals surface area contributed by atoms with E-state index in [1.54, 1.807) is 0 Å². The highest BCUT2D eigenvalue weighted by molar-refractivity contribution is 5.83. The van der Waals surface area contributed by atoms with Crippen LogP contribution in [0.1, 0.15) is 52.4 Å². The van der Waals surface area contributed by atoms with Crippen molar-refractivity contribution in [3.63, 3.8) is 0 Å². The van der Waals surface area contributed by atoms with Crippen molar-refractivity contribution in [2.75, 3.05) is 20.1 Å². The van der Waals surface area contributed by atoms with Crippen molar-refractivity contribution in [2.45, 2.75) is 52.4 Å². The minimum Gasteiger partial charge on any atom is -0.355 e. The number of amides is 1. The fraction of sp³-hybridized carbons (Fsp3) is 0.933. The van der Waals surface area contributed by atoms with E-state index >= 15 is 0 Å². The van der Waals surface area contributed by atoms with Gasteiger partial charge in [-0.25, -0.2) is 0 Å². The first-order valence-electron chi connectivity index (χ1n) is 7.43. The van der Waals surface area contributed by atoms with Gasteiger partial charge in [0.05, 0.1) is 5.41 Å². The third-order valence-corrected chi connectivity index (χ3v) is 5.22. The van der Waals surface area contributed by atoms with Crippen LogP contribution in [0.2, 0.25) is 0 Å². The molecule has 2 aliphatic carbocycles. The summed E-state index contributed by atoms with van der Waals surface area (Å²) >= 11 is 0. The predicted molar refractivity (Wildman–Crippen MR) is 74.3 cm³/mol. The molecule has 2 aliphatic rings. The Morgan fingerprint density at radius 2 is 1.94 bits per heavy atom. The van der Waals surface area contributed by atoms with E-state index in [-0.39, 0.29) is 16.7 Å². The molecule has 0 aliphatic heterocycles. The second-order valence-corrected chi connectivity index (χ2v) is 6.96. The van der Waals surface area contributed by atoms with Crippen LogP contribution in [-0.2, 0) is 4.79 Å². The van der Waals surface area contributed by atoms with Crippen molar-refractivity contribution in [1.82, 2.24) is 10.6 Å². The summed E-state index contributed by atoms with van der Waals surface area (Å²) in [5.41, 5.74) is 0.156. The number of hydrogen-bond donors (Lipinski definition) is 2. The van der Waals surface area contributed by atoms with Gasteiger partial charge in [-0.2, -0.15) is 0 Å². The smallest absolute Gasteiger partial charge is 0.227 e. The molecular weight excluding hydrogens is 224 g/mol. The molecule has 0 aromatic heterocycles. The molecule has 3 nitrogen and oxygen atoms in total. The minimum atomic E-state index is -0.107. The lowest BCUT2D eigenvalue weighted by Gasteiger charge is -2.43. The summed E-state index contributed by atoms with van der Waals surface area (Å²) in [6.07, 6.45) is 7.33. The van der Waals surface area contributed by atoms with Gasteiger partial charge < -0.3 is 10.6 Å². The molecule has 0 aromatic rings. The Balaban J connectivity index is 1.83. The first-order chi connectivity index (χ1) is 8.50. The topological polar surface area (TPSA) is 41.1 Å². The highest BCUT2D eigenvalue weighted by Gasteiger charge is 2.44. The average Bonchev–Trinajstić information content (AvgIpc) is 2.17. The molecule has 2 fully saturated rings. The number of hydrogen-bond acceptors (Lipinski definition) is 2. The summed E-state index contributed by atoms with van der Waals surface area (Å²) in [4.78, 5) is 12.4. The first-order valence-corrected chi connectivity index (χ1v) is 7.43. The molecule has 0 heterocycles. The highest BCUT2D eigenvalue weighted by Crippen LogP contribution is 2.43. The second-order valence-electron chi connectivity index (χ2n) is 6.96. The quantitative estimate of drug-likeness (QED) is 0.761. The molecule has 2 rings (SSSR count). The lowest BCUT2D eigenvalue weighted by molar-refractivity contribution is -0.136. The molecule has 0 spiro atoms. The molecule has 0 bridgehead atoms. The molecule has 0 atom stereocenters. The van der Waals surface area contributed by atoms with Crippen molar-refractivity contribution in [3.05, 3.63) is 0 Å². The van der Waals surface area contributed by atoms with Crippen LogP contribution in [0.25, 0.3) is 0 Å². The SMILES string of the molecule is CNCC1(C(=O)NCC(C)(C)C2CCC2)CCC1. The molecule has 18 heavy (non-hydrogen) atoms. The summed E-state index contributed by atoms with van der Waals surface area (Å²) in [5, 5.41) is 6.39. The Bertz CT molecular complexity index is 304. The third kappa shape index (κ3) is 2.56. The van der Waals surface area contributed by atoms with Gasteiger partial charge in [-0.3, -0.25) is 4.79 Å². The maximum atomic E-state index is 12.4. The predicted octanol–water partition coefficient (Wildman–Crippen LogP) is 2.32. The van der Waals surface area contributed by atoms with Crippen LogP contribution in [0.15, 0.2) is 0 Å². The zero-order valence-corrected chi connectivity index (χ0v) is 12.1. The molecule has 104 valence electrons. The van der Waals surface area contributed by atoms with Gasteiger partial charge in [-0.05, 0) is 44.1 Å². The van der Waals surface area contributed by atoms with E-state index in [1.807, 2.05) is 7.05 Å². The Hall–Kier alpha value is -0.570. The second kappa shape index (κ2) is 5.20. The van der Waals surface area contributed by atoms with Crippen LogP contribution in [0.4, 0.5) is 0 Å². The van der Waals surface area contributed by atoms with Gasteiger partial charge in [0.2, 0.25) is 5.91 Å². The van der Waals surface area contributed by atoms with Gasteiger partial charge >= 0.3 is 0 Å². The van der Waals surface area contributed by atoms with Crippen molar-refractivity contribution in [1.29, 1.82) is 0 Å². The Morgan fingerprint density at radius 3 is 2.33 bits per heavy atom. The van der Waals surface area contributed by atoms with Crippen LogP contribution in [0, 0.1) is 16.7 Å². The van der Waals surface area contributed by atoms with E-state index in [9.17, 15) is 4.79 Å². The van der Waals surface area contributed by atoms with E-state index in [0.29, 0.717) is 0 Å². The minimum absolute atomic E-state index is 0.107. The van der Waals surface area contributed by atoms with Gasteiger partial charge in [0.25, 0.3) is 0 Å². The van der Waals surface area contributed by atoms with Gasteiger partial charge in [0, 0.05) is 13.1 Å². The monoisotopic (exact) mass is 252 g/mol. The fourth-order valence-electron chi connectivity index (χ4n) is 3.26. The van der Waals surface area contributed by atoms with Gasteiger partial charge in [0.1, 0.15) is 0 Å². The number of carbonyl (C=O) groups is 1. The normalized spacial score (nSPS) is 23.1. The molecule has 1 amide bonds. The maximum Gasteiger partial charge on any atom is 0.227 e. The molecule has 2 saturated carbocycles. The van der Waals surface area contributed by atoms with Crippen LogP contribution in [0.3, 0.4) is 0 Å². The Morgan fingerprint density at radius 1 is 1.28 bits per heavy atom. The lowest BCUT2D eigenvalue weighted by Crippen LogP contribution is -2.53. The average molecular weight is 252 g/mol. The van der Waals surface area contributed by atoms with Crippen LogP contribution >= 0.6 is 0 Å². The summed E-state index contributed by atoms with van der Waals surface area (Å²) in [6.45, 7) is 6.25. The molecule has 3 heteroatoms. The largest absolute Gasteiger partial charge is 0.355 e. The van der Waals surface area contributed by atoms with Crippen LogP contribution in [0.5, 0.6) is 0 Å². The zero-order chi connectivity index (χ0) is 13.2. The lowest BCUT2D eigenvalue weighted by atomic mass is 9.66. The van der Waals surface area contributed by atoms with E-state index in [0.717, 1.165) is 31.8 Å². The molecule has 0 unspecified atom stereocenters. The molecule has 2 N–H and O–H groups in total. The van der Waals surface area contributed by atoms with Crippen LogP contribution in [-0.4, -0.2) is 26.0 Å². The van der Waals surface area contributed by atoms with E-state index in [4.69, 9.17) is 0 Å². The summed E-state index contributed by atoms with van der Waals surface area (Å²) in [6, 6.07) is 0. The van der Waals surface area contributed by atoms with E-state index < -0.39 is 0 Å². The molecule has 0 aromatic carbocycles. The van der Waals surface area contributed by atoms with Gasteiger partial charge in [-0.1, -0.05) is 26.7 Å². The highest BCUT2D eigenvalue weighted by atomic mass is 16.2. The summed E-state index contributed by atoms with van der Waals surface area (Å²) in [5.74, 6) is 1.08. The van der Waals surface area contributed by atoms with Gasteiger partial charge in [-0.15, -0.1) is 0 Å². The van der Waals surface area contributed by atoms with Crippen molar-refractivity contribution < 1.29 is 4.79 Å². The van der Waals surface area contributed by atoms with Crippen molar-refractivity contribution >= 4 is 5.91 Å². The first kappa shape index (κ1) is 13.9. The molecule has 0 saturated heterocycles. The van der Waals surface area contributed by atoms with Gasteiger partial charge in [0.15, 0.2) is 0 Å². The number of rotatable bonds is 6. The third-order valence-electron chi connectivity index (χ3n) is 5.22. The van der Waals surface area contributed by atoms with Crippen molar-refractivity contribution in [3.8, 4) is 0 Å². The standard InChI is InChI=1S/C15H28N2O/c1-14(2,12-6-4-7-12)10-17-13(18)15(11-16-3)8-5-9-15/h12,16H,4-11H2,1-3H3,(H,17,18). The Kier molecular flexibility index (Phi) is 4.00. The van der Waals surface area contributed by atoms with E-state index in [1.165, 1.54) is 25.7 Å². The van der Waals surface area contributed by atoms with E-state index in [2.05, 4.69) is 24.5 Å². The summed E-state index contributed by atoms with van der Waals surface area (Å²) < 4.78 is 0. The number of nitrogens with one attached hydrogen (secondary N) is 2. The maximum absolute atomic E-state index is 12.4. The zero-order valence-electron chi connectivity index (χ0n) is 12.1. The number of carbonyl (C=O) groups excluding carboxylic acids is 1. The molecular formula is C15H28N2O. The van der Waals surface area contributed by atoms with Crippen LogP contribution < -0.4 is 10.6 Å². The molecule has 0 radical (unpaired) electrons.